The van der Waals surface area contributed by atoms with Crippen molar-refractivity contribution < 1.29 is 9.53 Å². The zero-order valence-electron chi connectivity index (χ0n) is 13.5. The summed E-state index contributed by atoms with van der Waals surface area (Å²) in [5, 5.41) is 0. The first kappa shape index (κ1) is 19.9. The summed E-state index contributed by atoms with van der Waals surface area (Å²) in [6.07, 6.45) is 11.4. The Bertz CT molecular complexity index is 280. The van der Waals surface area contributed by atoms with Crippen LogP contribution < -0.4 is 0 Å². The van der Waals surface area contributed by atoms with E-state index in [1.807, 2.05) is 0 Å². The second-order valence-electron chi connectivity index (χ2n) is 5.87. The molecular weight excluding hydrogens is 291 g/mol. The number of rotatable bonds is 12. The maximum atomic E-state index is 12.0. The van der Waals surface area contributed by atoms with Gasteiger partial charge in [-0.3, -0.25) is 0 Å². The van der Waals surface area contributed by atoms with Crippen LogP contribution in [0.3, 0.4) is 0 Å². The molecule has 0 aliphatic rings. The predicted octanol–water partition coefficient (Wildman–Crippen LogP) is 5.78. The number of hydrogen-bond donors (Lipinski definition) is 0. The van der Waals surface area contributed by atoms with Crippen LogP contribution in [0, 0.1) is 0 Å². The van der Waals surface area contributed by atoms with E-state index in [2.05, 4.69) is 27.4 Å². The second kappa shape index (κ2) is 9.79. The average molecular weight is 323 g/mol. The molecule has 0 aliphatic heterocycles. The Hall–Kier alpha value is -0.0700. The minimum atomic E-state index is -2.49. The molecule has 0 amide bonds. The molecule has 0 aromatic carbocycles. The van der Waals surface area contributed by atoms with Crippen molar-refractivity contribution in [1.29, 1.82) is 0 Å². The molecule has 0 aliphatic carbocycles. The summed E-state index contributed by atoms with van der Waals surface area (Å²) < 4.78 is 4.98. The van der Waals surface area contributed by atoms with Crippen LogP contribution in [-0.4, -0.2) is 30.6 Å². The van der Waals surface area contributed by atoms with Crippen LogP contribution in [0.2, 0.25) is 0 Å². The Balaban J connectivity index is 5.15. The van der Waals surface area contributed by atoms with Crippen molar-refractivity contribution in [2.75, 3.05) is 24.6 Å². The molecular formula is C16H32ClO2P. The van der Waals surface area contributed by atoms with Crippen LogP contribution >= 0.6 is 17.2 Å². The van der Waals surface area contributed by atoms with Crippen LogP contribution in [0.15, 0.2) is 12.8 Å². The van der Waals surface area contributed by atoms with E-state index in [-0.39, 0.29) is 5.97 Å². The van der Waals surface area contributed by atoms with Gasteiger partial charge in [0.05, 0.1) is 0 Å². The Kier molecular flexibility index (Phi) is 9.76. The van der Waals surface area contributed by atoms with Crippen molar-refractivity contribution in [3.8, 4) is 0 Å². The van der Waals surface area contributed by atoms with Gasteiger partial charge in [0.2, 0.25) is 0 Å². The molecule has 0 aromatic heterocycles. The van der Waals surface area contributed by atoms with Crippen molar-refractivity contribution in [1.82, 2.24) is 0 Å². The SMILES string of the molecule is C=COC(=O)CP(Cl)(CCCC)(CCCC)CCCC. The van der Waals surface area contributed by atoms with E-state index < -0.39 is 5.96 Å². The third-order valence-electron chi connectivity index (χ3n) is 3.95. The second-order valence-corrected chi connectivity index (χ2v) is 14.0. The molecule has 0 fully saturated rings. The Morgan fingerprint density at radius 3 is 1.75 bits per heavy atom. The number of esters is 1. The van der Waals surface area contributed by atoms with Crippen molar-refractivity contribution in [2.24, 2.45) is 0 Å². The van der Waals surface area contributed by atoms with E-state index in [4.69, 9.17) is 16.0 Å². The number of ether oxygens (including phenoxy) is 1. The van der Waals surface area contributed by atoms with Gasteiger partial charge in [-0.1, -0.05) is 0 Å². The van der Waals surface area contributed by atoms with Crippen LogP contribution in [0.1, 0.15) is 59.3 Å². The fourth-order valence-corrected chi connectivity index (χ4v) is 9.24. The van der Waals surface area contributed by atoms with Gasteiger partial charge in [-0.2, -0.15) is 0 Å². The zero-order chi connectivity index (χ0) is 15.5. The monoisotopic (exact) mass is 322 g/mol. The van der Waals surface area contributed by atoms with Crippen LogP contribution in [-0.2, 0) is 9.53 Å². The van der Waals surface area contributed by atoms with Gasteiger partial charge in [-0.25, -0.2) is 0 Å². The van der Waals surface area contributed by atoms with Gasteiger partial charge < -0.3 is 0 Å². The summed E-state index contributed by atoms with van der Waals surface area (Å²) >= 11 is 7.26. The molecule has 0 unspecified atom stereocenters. The topological polar surface area (TPSA) is 26.3 Å². The molecule has 0 atom stereocenters. The summed E-state index contributed by atoms with van der Waals surface area (Å²) in [7, 11) is 0. The summed E-state index contributed by atoms with van der Waals surface area (Å²) in [5.74, 6) is -2.69. The number of carbonyl (C=O) groups is 1. The fraction of sp³-hybridized carbons (Fsp3) is 0.812. The minimum absolute atomic E-state index is 0.198. The Labute approximate surface area is 130 Å². The third-order valence-corrected chi connectivity index (χ3v) is 11.2. The fourth-order valence-electron chi connectivity index (χ4n) is 2.69. The molecule has 0 N–H and O–H groups in total. The van der Waals surface area contributed by atoms with E-state index >= 15 is 0 Å². The van der Waals surface area contributed by atoms with Gasteiger partial charge in [0.25, 0.3) is 0 Å². The molecule has 0 radical (unpaired) electrons. The molecule has 0 heterocycles. The normalized spacial score (nSPS) is 13.5. The number of hydrogen-bond acceptors (Lipinski definition) is 2. The first-order valence-electron chi connectivity index (χ1n) is 7.96. The molecule has 2 nitrogen and oxygen atoms in total. The molecule has 0 bridgehead atoms. The molecule has 0 saturated carbocycles. The first-order chi connectivity index (χ1) is 9.43. The van der Waals surface area contributed by atoms with Gasteiger partial charge in [0, 0.05) is 0 Å². The summed E-state index contributed by atoms with van der Waals surface area (Å²) in [5.41, 5.74) is 0. The van der Waals surface area contributed by atoms with E-state index in [1.54, 1.807) is 0 Å². The molecule has 0 aromatic rings. The standard InChI is InChI=1S/C16H32ClO2P/c1-5-9-12-20(17,13-10-6-2,14-11-7-3)15-16(18)19-8-4/h8H,4-7,9-15H2,1-3H3. The van der Waals surface area contributed by atoms with E-state index in [1.165, 1.54) is 6.26 Å². The maximum absolute atomic E-state index is 12.0. The van der Waals surface area contributed by atoms with Gasteiger partial charge in [-0.05, 0) is 0 Å². The van der Waals surface area contributed by atoms with E-state index in [9.17, 15) is 4.79 Å². The first-order valence-corrected chi connectivity index (χ1v) is 11.8. The van der Waals surface area contributed by atoms with Crippen LogP contribution in [0.4, 0.5) is 0 Å². The molecule has 0 spiro atoms. The third kappa shape index (κ3) is 7.09. The van der Waals surface area contributed by atoms with Gasteiger partial charge in [0.1, 0.15) is 0 Å². The average Bonchev–Trinajstić information content (AvgIpc) is 2.42. The van der Waals surface area contributed by atoms with E-state index in [0.29, 0.717) is 6.16 Å². The van der Waals surface area contributed by atoms with Crippen molar-refractivity contribution in [3.63, 3.8) is 0 Å². The summed E-state index contributed by atoms with van der Waals surface area (Å²) in [6.45, 7) is 10.0. The number of unbranched alkanes of at least 4 members (excludes halogenated alkanes) is 3. The van der Waals surface area contributed by atoms with Crippen LogP contribution in [0.25, 0.3) is 0 Å². The van der Waals surface area contributed by atoms with Gasteiger partial charge in [-0.15, -0.1) is 0 Å². The quantitative estimate of drug-likeness (QED) is 0.258. The van der Waals surface area contributed by atoms with Gasteiger partial charge in [0.15, 0.2) is 0 Å². The number of halogens is 1. The molecule has 120 valence electrons. The zero-order valence-corrected chi connectivity index (χ0v) is 15.1. The predicted molar refractivity (Wildman–Crippen MR) is 93.3 cm³/mol. The molecule has 0 saturated heterocycles. The molecule has 20 heavy (non-hydrogen) atoms. The van der Waals surface area contributed by atoms with Gasteiger partial charge >= 0.3 is 129 Å². The number of carbonyl (C=O) groups excluding carboxylic acids is 1. The van der Waals surface area contributed by atoms with Crippen LogP contribution in [0.5, 0.6) is 0 Å². The Morgan fingerprint density at radius 2 is 1.45 bits per heavy atom. The van der Waals surface area contributed by atoms with Crippen molar-refractivity contribution in [3.05, 3.63) is 12.8 Å². The van der Waals surface area contributed by atoms with Crippen molar-refractivity contribution >= 4 is 23.2 Å². The molecule has 0 rings (SSSR count). The van der Waals surface area contributed by atoms with E-state index in [0.717, 1.165) is 57.0 Å². The Morgan fingerprint density at radius 1 is 1.05 bits per heavy atom. The van der Waals surface area contributed by atoms with Crippen molar-refractivity contribution in [2.45, 2.75) is 59.3 Å². The summed E-state index contributed by atoms with van der Waals surface area (Å²) in [6, 6.07) is 0. The molecule has 4 heteroatoms. The summed E-state index contributed by atoms with van der Waals surface area (Å²) in [4.78, 5) is 12.0.